The van der Waals surface area contributed by atoms with E-state index in [1.165, 1.54) is 48.7 Å². The lowest BCUT2D eigenvalue weighted by atomic mass is 10.2. The highest BCUT2D eigenvalue weighted by molar-refractivity contribution is 5.98. The molecule has 1 amide bonds. The Balaban J connectivity index is 2.11. The molecule has 0 saturated carbocycles. The van der Waals surface area contributed by atoms with Crippen molar-refractivity contribution in [2.45, 2.75) is 0 Å². The van der Waals surface area contributed by atoms with E-state index in [0.717, 1.165) is 0 Å². The summed E-state index contributed by atoms with van der Waals surface area (Å²) in [5.41, 5.74) is 2.21. The van der Waals surface area contributed by atoms with Crippen LogP contribution in [0.3, 0.4) is 0 Å². The number of para-hydroxylation sites is 1. The number of nitrogens with one attached hydrogen (secondary N) is 1. The van der Waals surface area contributed by atoms with Gasteiger partial charge in [-0.25, -0.2) is 9.82 Å². The average Bonchev–Trinajstić information content (AvgIpc) is 2.47. The third kappa shape index (κ3) is 3.69. The largest absolute Gasteiger partial charge is 0.282 e. The van der Waals surface area contributed by atoms with Gasteiger partial charge in [0.1, 0.15) is 11.4 Å². The molecule has 0 aliphatic heterocycles. The molecule has 1 N–H and O–H groups in total. The van der Waals surface area contributed by atoms with Gasteiger partial charge in [0, 0.05) is 6.07 Å². The molecule has 0 radical (unpaired) electrons. The van der Waals surface area contributed by atoms with E-state index in [-0.39, 0.29) is 11.3 Å². The first-order valence-corrected chi connectivity index (χ1v) is 5.90. The standard InChI is InChI=1S/C14H10FN3O3/c15-11-5-3-4-10(8-11)9-16-17-14(19)12-6-1-2-7-13(12)18(20)21/h1-9H,(H,17,19)/b16-9-. The summed E-state index contributed by atoms with van der Waals surface area (Å²) in [7, 11) is 0. The first kappa shape index (κ1) is 14.3. The zero-order valence-electron chi connectivity index (χ0n) is 10.7. The number of hydrazone groups is 1. The molecule has 0 saturated heterocycles. The zero-order valence-corrected chi connectivity index (χ0v) is 10.7. The predicted molar refractivity (Wildman–Crippen MR) is 74.6 cm³/mol. The third-order valence-electron chi connectivity index (χ3n) is 2.57. The molecule has 21 heavy (non-hydrogen) atoms. The van der Waals surface area contributed by atoms with E-state index in [2.05, 4.69) is 10.5 Å². The molecule has 0 fully saturated rings. The molecule has 7 heteroatoms. The maximum absolute atomic E-state index is 12.9. The molecular formula is C14H10FN3O3. The minimum Gasteiger partial charge on any atom is -0.267 e. The van der Waals surface area contributed by atoms with Crippen LogP contribution in [0.2, 0.25) is 0 Å². The minimum atomic E-state index is -0.713. The Hall–Kier alpha value is -3.09. The molecule has 0 spiro atoms. The predicted octanol–water partition coefficient (Wildman–Crippen LogP) is 2.50. The minimum absolute atomic E-state index is 0.0982. The molecule has 0 heterocycles. The number of nitro groups is 1. The molecule has 2 aromatic carbocycles. The Morgan fingerprint density at radius 1 is 1.24 bits per heavy atom. The van der Waals surface area contributed by atoms with Crippen LogP contribution in [0.1, 0.15) is 15.9 Å². The van der Waals surface area contributed by atoms with E-state index in [1.54, 1.807) is 6.07 Å². The van der Waals surface area contributed by atoms with Crippen molar-refractivity contribution >= 4 is 17.8 Å². The second-order valence-corrected chi connectivity index (χ2v) is 4.03. The summed E-state index contributed by atoms with van der Waals surface area (Å²) in [6.45, 7) is 0. The molecule has 6 nitrogen and oxygen atoms in total. The topological polar surface area (TPSA) is 84.6 Å². The van der Waals surface area contributed by atoms with Crippen molar-refractivity contribution in [3.63, 3.8) is 0 Å². The lowest BCUT2D eigenvalue weighted by molar-refractivity contribution is -0.385. The van der Waals surface area contributed by atoms with Crippen molar-refractivity contribution in [2.24, 2.45) is 5.10 Å². The summed E-state index contributed by atoms with van der Waals surface area (Å²) in [5.74, 6) is -1.14. The number of carbonyl (C=O) groups is 1. The Bertz CT molecular complexity index is 716. The SMILES string of the molecule is O=C(N/N=C\c1cccc(F)c1)c1ccccc1[N+](=O)[O-]. The average molecular weight is 287 g/mol. The molecule has 0 bridgehead atoms. The summed E-state index contributed by atoms with van der Waals surface area (Å²) in [6, 6.07) is 11.1. The van der Waals surface area contributed by atoms with Crippen LogP contribution in [0.4, 0.5) is 10.1 Å². The number of amides is 1. The van der Waals surface area contributed by atoms with Gasteiger partial charge in [-0.05, 0) is 23.8 Å². The summed E-state index contributed by atoms with van der Waals surface area (Å²) in [6.07, 6.45) is 1.25. The van der Waals surface area contributed by atoms with Gasteiger partial charge in [0.2, 0.25) is 0 Å². The third-order valence-corrected chi connectivity index (χ3v) is 2.57. The van der Waals surface area contributed by atoms with Crippen LogP contribution in [-0.4, -0.2) is 17.0 Å². The second kappa shape index (κ2) is 6.38. The van der Waals surface area contributed by atoms with Crippen LogP contribution >= 0.6 is 0 Å². The number of nitrogens with zero attached hydrogens (tertiary/aromatic N) is 2. The van der Waals surface area contributed by atoms with Crippen LogP contribution < -0.4 is 5.43 Å². The first-order chi connectivity index (χ1) is 10.1. The van der Waals surface area contributed by atoms with Gasteiger partial charge < -0.3 is 0 Å². The molecule has 0 unspecified atom stereocenters. The molecule has 2 rings (SSSR count). The summed E-state index contributed by atoms with van der Waals surface area (Å²) >= 11 is 0. The maximum atomic E-state index is 12.9. The number of hydrogen-bond donors (Lipinski definition) is 1. The highest BCUT2D eigenvalue weighted by Gasteiger charge is 2.18. The van der Waals surface area contributed by atoms with Crippen LogP contribution in [0.15, 0.2) is 53.6 Å². The number of halogens is 1. The number of nitro benzene ring substituents is 1. The Morgan fingerprint density at radius 3 is 2.71 bits per heavy atom. The monoisotopic (exact) mass is 287 g/mol. The molecule has 0 aliphatic carbocycles. The van der Waals surface area contributed by atoms with E-state index in [4.69, 9.17) is 0 Å². The molecule has 0 aromatic heterocycles. The van der Waals surface area contributed by atoms with Gasteiger partial charge in [0.15, 0.2) is 0 Å². The van der Waals surface area contributed by atoms with Gasteiger partial charge in [0.25, 0.3) is 11.6 Å². The number of benzene rings is 2. The zero-order chi connectivity index (χ0) is 15.2. The van der Waals surface area contributed by atoms with E-state index in [1.807, 2.05) is 0 Å². The molecular weight excluding hydrogens is 277 g/mol. The lowest BCUT2D eigenvalue weighted by Gasteiger charge is -2.01. The summed E-state index contributed by atoms with van der Waals surface area (Å²) < 4.78 is 12.9. The number of carbonyl (C=O) groups excluding carboxylic acids is 1. The van der Waals surface area contributed by atoms with Crippen molar-refractivity contribution in [3.05, 3.63) is 75.6 Å². The molecule has 106 valence electrons. The van der Waals surface area contributed by atoms with E-state index in [9.17, 15) is 19.3 Å². The van der Waals surface area contributed by atoms with Gasteiger partial charge in [-0.3, -0.25) is 14.9 Å². The van der Waals surface area contributed by atoms with Gasteiger partial charge in [-0.1, -0.05) is 24.3 Å². The fraction of sp³-hybridized carbons (Fsp3) is 0. The van der Waals surface area contributed by atoms with Gasteiger partial charge in [-0.2, -0.15) is 5.10 Å². The van der Waals surface area contributed by atoms with Gasteiger partial charge in [-0.15, -0.1) is 0 Å². The van der Waals surface area contributed by atoms with Gasteiger partial charge >= 0.3 is 0 Å². The number of rotatable bonds is 4. The van der Waals surface area contributed by atoms with Crippen molar-refractivity contribution in [2.75, 3.05) is 0 Å². The van der Waals surface area contributed by atoms with Crippen LogP contribution in [0.5, 0.6) is 0 Å². The van der Waals surface area contributed by atoms with Crippen molar-refractivity contribution < 1.29 is 14.1 Å². The Morgan fingerprint density at radius 2 is 2.00 bits per heavy atom. The summed E-state index contributed by atoms with van der Waals surface area (Å²) in [5, 5.41) is 14.5. The Labute approximate surface area is 119 Å². The maximum Gasteiger partial charge on any atom is 0.282 e. The first-order valence-electron chi connectivity index (χ1n) is 5.90. The normalized spacial score (nSPS) is 10.5. The highest BCUT2D eigenvalue weighted by Crippen LogP contribution is 2.17. The highest BCUT2D eigenvalue weighted by atomic mass is 19.1. The van der Waals surface area contributed by atoms with E-state index >= 15 is 0 Å². The van der Waals surface area contributed by atoms with Crippen molar-refractivity contribution in [1.82, 2.24) is 5.43 Å². The lowest BCUT2D eigenvalue weighted by Crippen LogP contribution is -2.18. The molecule has 0 aliphatic rings. The second-order valence-electron chi connectivity index (χ2n) is 4.03. The quantitative estimate of drug-likeness (QED) is 0.532. The fourth-order valence-corrected chi connectivity index (χ4v) is 1.64. The van der Waals surface area contributed by atoms with Crippen LogP contribution in [0.25, 0.3) is 0 Å². The molecule has 2 aromatic rings. The summed E-state index contributed by atoms with van der Waals surface area (Å²) in [4.78, 5) is 22.0. The van der Waals surface area contributed by atoms with Crippen molar-refractivity contribution in [1.29, 1.82) is 0 Å². The van der Waals surface area contributed by atoms with Crippen molar-refractivity contribution in [3.8, 4) is 0 Å². The van der Waals surface area contributed by atoms with E-state index < -0.39 is 16.6 Å². The van der Waals surface area contributed by atoms with E-state index in [0.29, 0.717) is 5.56 Å². The smallest absolute Gasteiger partial charge is 0.267 e. The fourth-order valence-electron chi connectivity index (χ4n) is 1.64. The van der Waals surface area contributed by atoms with Crippen LogP contribution in [0, 0.1) is 15.9 Å². The molecule has 0 atom stereocenters. The van der Waals surface area contributed by atoms with Crippen LogP contribution in [-0.2, 0) is 0 Å². The number of hydrogen-bond acceptors (Lipinski definition) is 4. The Kier molecular flexibility index (Phi) is 4.35. The van der Waals surface area contributed by atoms with Gasteiger partial charge in [0.05, 0.1) is 11.1 Å².